The fraction of sp³-hybridized carbons (Fsp3) is 0.368. The Morgan fingerprint density at radius 2 is 1.61 bits per heavy atom. The Hall–Kier alpha value is -1.55. The van der Waals surface area contributed by atoms with Crippen molar-refractivity contribution in [1.29, 1.82) is 0 Å². The number of hydrogen-bond donors (Lipinski definition) is 0. The first-order chi connectivity index (χ1) is 11.0. The van der Waals surface area contributed by atoms with Gasteiger partial charge in [-0.05, 0) is 51.8 Å². The van der Waals surface area contributed by atoms with Crippen molar-refractivity contribution in [2.45, 2.75) is 26.2 Å². The molecule has 2 aromatic carbocycles. The van der Waals surface area contributed by atoms with E-state index in [0.717, 1.165) is 23.9 Å². The number of para-hydroxylation sites is 1. The first-order valence-corrected chi connectivity index (χ1v) is 8.17. The summed E-state index contributed by atoms with van der Waals surface area (Å²) in [5.41, 5.74) is 2.41. The lowest BCUT2D eigenvalue weighted by Gasteiger charge is -2.27. The van der Waals surface area contributed by atoms with Crippen LogP contribution in [0, 0.1) is 0 Å². The van der Waals surface area contributed by atoms with Gasteiger partial charge in [-0.25, -0.2) is 0 Å². The number of ether oxygens (including phenoxy) is 1. The number of hydrogen-bond acceptors (Lipinski definition) is 3. The predicted octanol–water partition coefficient (Wildman–Crippen LogP) is 4.26. The van der Waals surface area contributed by atoms with E-state index in [1.54, 1.807) is 0 Å². The van der Waals surface area contributed by atoms with E-state index < -0.39 is 0 Å². The van der Waals surface area contributed by atoms with Gasteiger partial charge in [0.05, 0.1) is 0 Å². The molecule has 2 rings (SSSR count). The van der Waals surface area contributed by atoms with Crippen molar-refractivity contribution in [3.63, 3.8) is 0 Å². The molecule has 0 aliphatic heterocycles. The van der Waals surface area contributed by atoms with Gasteiger partial charge < -0.3 is 9.64 Å². The van der Waals surface area contributed by atoms with Crippen LogP contribution in [0.1, 0.15) is 18.1 Å². The molecular formula is C19H25ClN2O. The lowest BCUT2D eigenvalue weighted by molar-refractivity contribution is 0.0537. The molecule has 0 N–H and O–H groups in total. The summed E-state index contributed by atoms with van der Waals surface area (Å²) in [4.78, 5) is 4.32. The van der Waals surface area contributed by atoms with E-state index in [1.807, 2.05) is 42.5 Å². The number of nitrogens with zero attached hydrogens (tertiary/aromatic N) is 2. The molecule has 0 saturated heterocycles. The molecule has 1 unspecified atom stereocenters. The fourth-order valence-electron chi connectivity index (χ4n) is 2.37. The molecule has 0 heterocycles. The molecule has 0 aliphatic rings. The van der Waals surface area contributed by atoms with E-state index in [9.17, 15) is 0 Å². The van der Waals surface area contributed by atoms with Crippen LogP contribution in [0.3, 0.4) is 0 Å². The van der Waals surface area contributed by atoms with Gasteiger partial charge in [0.1, 0.15) is 12.0 Å². The standard InChI is InChI=1S/C19H25ClN2O/c1-15(22(4)13-16-9-11-18(20)12-10-16)23-19-8-6-5-7-17(19)14-21(2)3/h5-12,15H,13-14H2,1-4H3. The van der Waals surface area contributed by atoms with Gasteiger partial charge in [-0.3, -0.25) is 4.90 Å². The van der Waals surface area contributed by atoms with Crippen LogP contribution in [0.2, 0.25) is 5.02 Å². The minimum absolute atomic E-state index is 0.0195. The molecule has 4 heteroatoms. The van der Waals surface area contributed by atoms with Gasteiger partial charge in [0.25, 0.3) is 0 Å². The van der Waals surface area contributed by atoms with Gasteiger partial charge in [0, 0.05) is 23.7 Å². The Balaban J connectivity index is 2.00. The Morgan fingerprint density at radius 1 is 0.957 bits per heavy atom. The maximum atomic E-state index is 6.18. The van der Waals surface area contributed by atoms with Gasteiger partial charge in [0.2, 0.25) is 0 Å². The first kappa shape index (κ1) is 17.8. The van der Waals surface area contributed by atoms with Gasteiger partial charge in [-0.2, -0.15) is 0 Å². The molecule has 3 nitrogen and oxygen atoms in total. The number of rotatable bonds is 7. The molecule has 0 amide bonds. The van der Waals surface area contributed by atoms with Gasteiger partial charge in [-0.1, -0.05) is 41.9 Å². The Kier molecular flexibility index (Phi) is 6.46. The lowest BCUT2D eigenvalue weighted by Crippen LogP contribution is -2.33. The SMILES string of the molecule is CC(Oc1ccccc1CN(C)C)N(C)Cc1ccc(Cl)cc1. The van der Waals surface area contributed by atoms with Crippen LogP contribution in [0.5, 0.6) is 5.75 Å². The second kappa shape index (κ2) is 8.34. The zero-order chi connectivity index (χ0) is 16.8. The van der Waals surface area contributed by atoms with E-state index in [2.05, 4.69) is 43.9 Å². The molecule has 2 aromatic rings. The highest BCUT2D eigenvalue weighted by molar-refractivity contribution is 6.30. The van der Waals surface area contributed by atoms with Crippen LogP contribution in [-0.4, -0.2) is 37.2 Å². The van der Waals surface area contributed by atoms with Gasteiger partial charge >= 0.3 is 0 Å². The third kappa shape index (κ3) is 5.54. The average Bonchev–Trinajstić information content (AvgIpc) is 2.51. The molecule has 0 spiro atoms. The summed E-state index contributed by atoms with van der Waals surface area (Å²) in [5.74, 6) is 0.941. The van der Waals surface area contributed by atoms with Crippen molar-refractivity contribution in [2.24, 2.45) is 0 Å². The van der Waals surface area contributed by atoms with Crippen molar-refractivity contribution in [3.8, 4) is 5.75 Å². The second-order valence-electron chi connectivity index (χ2n) is 6.10. The molecule has 0 bridgehead atoms. The first-order valence-electron chi connectivity index (χ1n) is 7.79. The van der Waals surface area contributed by atoms with Crippen molar-refractivity contribution >= 4 is 11.6 Å². The van der Waals surface area contributed by atoms with E-state index in [-0.39, 0.29) is 6.23 Å². The second-order valence-corrected chi connectivity index (χ2v) is 6.54. The highest BCUT2D eigenvalue weighted by Gasteiger charge is 2.13. The molecule has 0 fully saturated rings. The summed E-state index contributed by atoms with van der Waals surface area (Å²) in [6, 6.07) is 16.1. The number of benzene rings is 2. The molecule has 1 atom stereocenters. The Bertz CT molecular complexity index is 613. The molecule has 0 aromatic heterocycles. The number of halogens is 1. The molecule has 0 radical (unpaired) electrons. The summed E-state index contributed by atoms with van der Waals surface area (Å²) in [6.45, 7) is 3.75. The molecular weight excluding hydrogens is 308 g/mol. The Morgan fingerprint density at radius 3 is 2.26 bits per heavy atom. The fourth-order valence-corrected chi connectivity index (χ4v) is 2.50. The van der Waals surface area contributed by atoms with Crippen LogP contribution in [0.15, 0.2) is 48.5 Å². The van der Waals surface area contributed by atoms with Crippen molar-refractivity contribution in [2.75, 3.05) is 21.1 Å². The van der Waals surface area contributed by atoms with Gasteiger partial charge in [-0.15, -0.1) is 0 Å². The Labute approximate surface area is 144 Å². The van der Waals surface area contributed by atoms with Crippen LogP contribution < -0.4 is 4.74 Å². The topological polar surface area (TPSA) is 15.7 Å². The van der Waals surface area contributed by atoms with Gasteiger partial charge in [0.15, 0.2) is 0 Å². The van der Waals surface area contributed by atoms with Crippen molar-refractivity contribution in [1.82, 2.24) is 9.80 Å². The minimum Gasteiger partial charge on any atom is -0.475 e. The van der Waals surface area contributed by atoms with Crippen LogP contribution in [-0.2, 0) is 13.1 Å². The van der Waals surface area contributed by atoms with Crippen molar-refractivity contribution < 1.29 is 4.74 Å². The zero-order valence-electron chi connectivity index (χ0n) is 14.3. The lowest BCUT2D eigenvalue weighted by atomic mass is 10.2. The summed E-state index contributed by atoms with van der Waals surface area (Å²) in [6.07, 6.45) is -0.0195. The maximum absolute atomic E-state index is 6.18. The summed E-state index contributed by atoms with van der Waals surface area (Å²) in [7, 11) is 6.19. The minimum atomic E-state index is -0.0195. The average molecular weight is 333 g/mol. The highest BCUT2D eigenvalue weighted by Crippen LogP contribution is 2.21. The van der Waals surface area contributed by atoms with E-state index in [0.29, 0.717) is 0 Å². The summed E-state index contributed by atoms with van der Waals surface area (Å²) >= 11 is 5.93. The zero-order valence-corrected chi connectivity index (χ0v) is 15.0. The summed E-state index contributed by atoms with van der Waals surface area (Å²) in [5, 5.41) is 0.762. The maximum Gasteiger partial charge on any atom is 0.149 e. The molecule has 0 saturated carbocycles. The molecule has 0 aliphatic carbocycles. The smallest absolute Gasteiger partial charge is 0.149 e. The van der Waals surface area contributed by atoms with Crippen LogP contribution >= 0.6 is 11.6 Å². The van der Waals surface area contributed by atoms with Crippen LogP contribution in [0.4, 0.5) is 0 Å². The third-order valence-corrected chi connectivity index (χ3v) is 3.97. The van der Waals surface area contributed by atoms with Crippen LogP contribution in [0.25, 0.3) is 0 Å². The van der Waals surface area contributed by atoms with Crippen molar-refractivity contribution in [3.05, 3.63) is 64.7 Å². The molecule has 124 valence electrons. The predicted molar refractivity (Wildman–Crippen MR) is 96.8 cm³/mol. The largest absolute Gasteiger partial charge is 0.475 e. The normalized spacial score (nSPS) is 12.7. The third-order valence-electron chi connectivity index (χ3n) is 3.72. The summed E-state index contributed by atoms with van der Waals surface area (Å²) < 4.78 is 6.18. The van der Waals surface area contributed by atoms with E-state index in [4.69, 9.17) is 16.3 Å². The van der Waals surface area contributed by atoms with E-state index >= 15 is 0 Å². The highest BCUT2D eigenvalue weighted by atomic mass is 35.5. The quantitative estimate of drug-likeness (QED) is 0.705. The molecule has 23 heavy (non-hydrogen) atoms. The monoisotopic (exact) mass is 332 g/mol. The van der Waals surface area contributed by atoms with E-state index in [1.165, 1.54) is 11.1 Å².